The Hall–Kier alpha value is -2.06. The standard InChI is InChI=1S/C22H26IN7O3S/c1-12-10-34-20(26-12)22(11-25-21(31)32)13-5-6-29(9-14(13)22)15-8-24-17-18(23)28-30(19(17)27-15)16-4-2-3-7-33-16/h8,10,13-14,16,25H,2-7,9,11H2,1H3,(H,31,32). The summed E-state index contributed by atoms with van der Waals surface area (Å²) in [5.41, 5.74) is 2.31. The maximum atomic E-state index is 11.3. The summed E-state index contributed by atoms with van der Waals surface area (Å²) in [6.07, 6.45) is 4.85. The molecule has 5 heterocycles. The van der Waals surface area contributed by atoms with Gasteiger partial charge in [0.25, 0.3) is 0 Å². The molecule has 1 amide bonds. The van der Waals surface area contributed by atoms with Gasteiger partial charge in [0.05, 0.1) is 6.20 Å². The van der Waals surface area contributed by atoms with Gasteiger partial charge in [0.2, 0.25) is 0 Å². The molecule has 3 aromatic rings. The molecule has 0 radical (unpaired) electrons. The van der Waals surface area contributed by atoms with E-state index in [0.29, 0.717) is 18.4 Å². The second-order valence-corrected chi connectivity index (χ2v) is 11.3. The van der Waals surface area contributed by atoms with E-state index in [2.05, 4.69) is 38.2 Å². The Kier molecular flexibility index (Phi) is 5.64. The molecule has 4 unspecified atom stereocenters. The van der Waals surface area contributed by atoms with Crippen molar-refractivity contribution in [2.75, 3.05) is 31.1 Å². The number of nitrogens with one attached hydrogen (secondary N) is 1. The first-order valence-electron chi connectivity index (χ1n) is 11.6. The average molecular weight is 595 g/mol. The molecule has 1 saturated carbocycles. The van der Waals surface area contributed by atoms with E-state index in [4.69, 9.17) is 24.8 Å². The highest BCUT2D eigenvalue weighted by Crippen LogP contribution is 2.63. The number of fused-ring (bicyclic) bond motifs is 2. The Balaban J connectivity index is 1.29. The predicted octanol–water partition coefficient (Wildman–Crippen LogP) is 3.56. The summed E-state index contributed by atoms with van der Waals surface area (Å²) < 4.78 is 8.71. The van der Waals surface area contributed by atoms with Gasteiger partial charge >= 0.3 is 6.09 Å². The van der Waals surface area contributed by atoms with Crippen LogP contribution in [-0.2, 0) is 10.2 Å². The molecule has 180 valence electrons. The molecule has 0 spiro atoms. The number of anilines is 1. The Morgan fingerprint density at radius 2 is 2.24 bits per heavy atom. The first kappa shape index (κ1) is 22.4. The van der Waals surface area contributed by atoms with E-state index < -0.39 is 6.09 Å². The van der Waals surface area contributed by atoms with Crippen LogP contribution in [0.3, 0.4) is 0 Å². The summed E-state index contributed by atoms with van der Waals surface area (Å²) in [5.74, 6) is 1.57. The minimum Gasteiger partial charge on any atom is -0.465 e. The second kappa shape index (κ2) is 8.55. The zero-order valence-electron chi connectivity index (χ0n) is 18.8. The van der Waals surface area contributed by atoms with Crippen LogP contribution < -0.4 is 10.2 Å². The van der Waals surface area contributed by atoms with Crippen molar-refractivity contribution in [2.45, 2.75) is 44.2 Å². The Labute approximate surface area is 214 Å². The number of thiazole rings is 1. The summed E-state index contributed by atoms with van der Waals surface area (Å²) in [6.45, 7) is 4.78. The van der Waals surface area contributed by atoms with E-state index in [-0.39, 0.29) is 11.6 Å². The summed E-state index contributed by atoms with van der Waals surface area (Å²) in [6, 6.07) is 0. The Morgan fingerprint density at radius 3 is 2.97 bits per heavy atom. The number of aromatic nitrogens is 5. The highest BCUT2D eigenvalue weighted by Gasteiger charge is 2.68. The molecule has 1 aliphatic carbocycles. The van der Waals surface area contributed by atoms with Crippen molar-refractivity contribution >= 4 is 57.0 Å². The lowest BCUT2D eigenvalue weighted by Crippen LogP contribution is -2.35. The molecule has 12 heteroatoms. The van der Waals surface area contributed by atoms with Crippen molar-refractivity contribution in [3.05, 3.63) is 26.0 Å². The van der Waals surface area contributed by atoms with Gasteiger partial charge in [-0.3, -0.25) is 0 Å². The topological polar surface area (TPSA) is 118 Å². The van der Waals surface area contributed by atoms with Gasteiger partial charge in [0.15, 0.2) is 15.6 Å². The number of carboxylic acid groups (broad SMARTS) is 1. The molecular weight excluding hydrogens is 569 g/mol. The number of ether oxygens (including phenoxy) is 1. The Morgan fingerprint density at radius 1 is 1.35 bits per heavy atom. The van der Waals surface area contributed by atoms with Gasteiger partial charge in [0, 0.05) is 42.7 Å². The third-order valence-corrected chi connectivity index (χ3v) is 9.36. The lowest BCUT2D eigenvalue weighted by Gasteiger charge is -2.27. The first-order chi connectivity index (χ1) is 16.5. The number of hydrogen-bond acceptors (Lipinski definition) is 8. The van der Waals surface area contributed by atoms with Crippen molar-refractivity contribution in [3.63, 3.8) is 0 Å². The number of piperidine rings is 1. The van der Waals surface area contributed by atoms with Crippen molar-refractivity contribution in [2.24, 2.45) is 11.8 Å². The number of rotatable bonds is 5. The summed E-state index contributed by atoms with van der Waals surface area (Å²) in [7, 11) is 0. The van der Waals surface area contributed by atoms with Crippen molar-refractivity contribution in [3.8, 4) is 0 Å². The molecular formula is C22H26IN7O3S. The minimum absolute atomic E-state index is 0.0960. The van der Waals surface area contributed by atoms with Crippen LogP contribution in [-0.4, -0.2) is 62.2 Å². The van der Waals surface area contributed by atoms with Crippen LogP contribution in [0.25, 0.3) is 11.2 Å². The molecule has 3 aliphatic rings. The molecule has 0 bridgehead atoms. The zero-order chi connectivity index (χ0) is 23.4. The highest BCUT2D eigenvalue weighted by molar-refractivity contribution is 14.1. The van der Waals surface area contributed by atoms with Gasteiger partial charge in [-0.25, -0.2) is 24.4 Å². The van der Waals surface area contributed by atoms with Crippen LogP contribution in [0.2, 0.25) is 0 Å². The van der Waals surface area contributed by atoms with E-state index in [1.807, 2.05) is 17.8 Å². The molecule has 6 rings (SSSR count). The van der Waals surface area contributed by atoms with Gasteiger partial charge < -0.3 is 20.1 Å². The normalized spacial score (nSPS) is 28.6. The fourth-order valence-electron chi connectivity index (χ4n) is 5.76. The van der Waals surface area contributed by atoms with E-state index in [0.717, 1.165) is 76.8 Å². The van der Waals surface area contributed by atoms with Crippen molar-refractivity contribution in [1.82, 2.24) is 30.0 Å². The third-order valence-electron chi connectivity index (χ3n) is 7.48. The lowest BCUT2D eigenvalue weighted by atomic mass is 10.0. The van der Waals surface area contributed by atoms with Gasteiger partial charge in [0.1, 0.15) is 16.3 Å². The third kappa shape index (κ3) is 3.65. The van der Waals surface area contributed by atoms with E-state index in [1.54, 1.807) is 11.3 Å². The minimum atomic E-state index is -0.989. The highest BCUT2D eigenvalue weighted by atomic mass is 127. The SMILES string of the molecule is Cc1csc(C2(CNC(=O)O)C3CCN(c4cnc5c(I)nn(C6CCCCO6)c5n4)CC32)n1. The molecule has 3 fully saturated rings. The quantitative estimate of drug-likeness (QED) is 0.430. The monoisotopic (exact) mass is 595 g/mol. The van der Waals surface area contributed by atoms with Gasteiger partial charge in [-0.05, 0) is 67.0 Å². The number of carbonyl (C=O) groups is 1. The van der Waals surface area contributed by atoms with Crippen LogP contribution in [0.15, 0.2) is 11.6 Å². The summed E-state index contributed by atoms with van der Waals surface area (Å²) in [5, 5.41) is 19.7. The van der Waals surface area contributed by atoms with Crippen LogP contribution >= 0.6 is 33.9 Å². The van der Waals surface area contributed by atoms with E-state index >= 15 is 0 Å². The largest absolute Gasteiger partial charge is 0.465 e. The maximum Gasteiger partial charge on any atom is 0.404 e. The number of aryl methyl sites for hydroxylation is 1. The number of hydrogen-bond donors (Lipinski definition) is 2. The number of nitrogens with zero attached hydrogens (tertiary/aromatic N) is 6. The first-order valence-corrected chi connectivity index (χ1v) is 13.6. The number of amides is 1. The molecule has 0 aromatic carbocycles. The lowest BCUT2D eigenvalue weighted by molar-refractivity contribution is -0.0372. The Bertz CT molecular complexity index is 1240. The molecule has 10 nitrogen and oxygen atoms in total. The number of halogens is 1. The summed E-state index contributed by atoms with van der Waals surface area (Å²) >= 11 is 3.85. The molecule has 34 heavy (non-hydrogen) atoms. The molecule has 3 aromatic heterocycles. The summed E-state index contributed by atoms with van der Waals surface area (Å²) in [4.78, 5) is 28.1. The average Bonchev–Trinajstić information content (AvgIpc) is 3.08. The molecule has 2 aliphatic heterocycles. The predicted molar refractivity (Wildman–Crippen MR) is 135 cm³/mol. The molecule has 2 saturated heterocycles. The smallest absolute Gasteiger partial charge is 0.404 e. The van der Waals surface area contributed by atoms with Gasteiger partial charge in [-0.15, -0.1) is 11.3 Å². The van der Waals surface area contributed by atoms with Gasteiger partial charge in [-0.2, -0.15) is 5.10 Å². The van der Waals surface area contributed by atoms with Crippen LogP contribution in [0.4, 0.5) is 10.6 Å². The van der Waals surface area contributed by atoms with Crippen LogP contribution in [0.5, 0.6) is 0 Å². The van der Waals surface area contributed by atoms with Gasteiger partial charge in [-0.1, -0.05) is 0 Å². The zero-order valence-corrected chi connectivity index (χ0v) is 21.8. The van der Waals surface area contributed by atoms with Crippen LogP contribution in [0, 0.1) is 22.5 Å². The van der Waals surface area contributed by atoms with Crippen LogP contribution in [0.1, 0.15) is 42.6 Å². The molecule has 2 N–H and O–H groups in total. The fourth-order valence-corrected chi connectivity index (χ4v) is 7.50. The molecule has 4 atom stereocenters. The van der Waals surface area contributed by atoms with Crippen molar-refractivity contribution in [1.29, 1.82) is 0 Å². The fraction of sp³-hybridized carbons (Fsp3) is 0.591. The maximum absolute atomic E-state index is 11.3. The van der Waals surface area contributed by atoms with E-state index in [9.17, 15) is 9.90 Å². The van der Waals surface area contributed by atoms with E-state index in [1.165, 1.54) is 0 Å². The second-order valence-electron chi connectivity index (χ2n) is 9.40. The van der Waals surface area contributed by atoms with Crippen molar-refractivity contribution < 1.29 is 14.6 Å².